The lowest BCUT2D eigenvalue weighted by Crippen LogP contribution is -2.29. The molecule has 4 nitrogen and oxygen atoms in total. The van der Waals surface area contributed by atoms with Crippen LogP contribution in [0.1, 0.15) is 23.7 Å². The second-order valence-corrected chi connectivity index (χ2v) is 5.61. The summed E-state index contributed by atoms with van der Waals surface area (Å²) in [5, 5.41) is 13.4. The number of carbonyl (C=O) groups excluding carboxylic acids is 1. The number of nitrogens with one attached hydrogen (secondary N) is 1. The van der Waals surface area contributed by atoms with Crippen LogP contribution in [-0.2, 0) is 4.79 Å². The van der Waals surface area contributed by atoms with Crippen molar-refractivity contribution in [2.45, 2.75) is 19.4 Å². The van der Waals surface area contributed by atoms with E-state index in [0.29, 0.717) is 10.8 Å². The zero-order valence-corrected chi connectivity index (χ0v) is 13.7. The number of carbonyl (C=O) groups is 1. The van der Waals surface area contributed by atoms with Gasteiger partial charge in [-0.05, 0) is 30.2 Å². The van der Waals surface area contributed by atoms with Crippen molar-refractivity contribution in [2.24, 2.45) is 0 Å². The van der Waals surface area contributed by atoms with Gasteiger partial charge < -0.3 is 15.2 Å². The molecule has 2 aromatic rings. The summed E-state index contributed by atoms with van der Waals surface area (Å²) in [6.07, 6.45) is -0.518. The topological polar surface area (TPSA) is 58.6 Å². The van der Waals surface area contributed by atoms with Gasteiger partial charge in [-0.2, -0.15) is 0 Å². The number of aliphatic hydroxyl groups is 1. The third-order valence-corrected chi connectivity index (χ3v) is 3.78. The number of amides is 1. The van der Waals surface area contributed by atoms with Crippen molar-refractivity contribution < 1.29 is 14.6 Å². The van der Waals surface area contributed by atoms with E-state index < -0.39 is 6.10 Å². The second kappa shape index (κ2) is 8.56. The average Bonchev–Trinajstić information content (AvgIpc) is 2.55. The van der Waals surface area contributed by atoms with Gasteiger partial charge in [0.2, 0.25) is 5.91 Å². The number of hydrogen-bond donors (Lipinski definition) is 2. The van der Waals surface area contributed by atoms with Crippen LogP contribution in [0.15, 0.2) is 48.5 Å². The van der Waals surface area contributed by atoms with Crippen LogP contribution in [0.25, 0.3) is 0 Å². The van der Waals surface area contributed by atoms with Crippen LogP contribution in [0.3, 0.4) is 0 Å². The summed E-state index contributed by atoms with van der Waals surface area (Å²) in [5.41, 5.74) is 1.82. The fourth-order valence-corrected chi connectivity index (χ4v) is 2.38. The van der Waals surface area contributed by atoms with E-state index in [0.717, 1.165) is 11.1 Å². The quantitative estimate of drug-likeness (QED) is 0.817. The number of aliphatic hydroxyl groups excluding tert-OH is 1. The molecule has 0 bridgehead atoms. The van der Waals surface area contributed by atoms with E-state index in [-0.39, 0.29) is 25.5 Å². The Morgan fingerprint density at radius 1 is 1.22 bits per heavy atom. The van der Waals surface area contributed by atoms with Gasteiger partial charge in [-0.1, -0.05) is 48.0 Å². The van der Waals surface area contributed by atoms with Gasteiger partial charge in [0, 0.05) is 6.54 Å². The highest BCUT2D eigenvalue weighted by molar-refractivity contribution is 6.32. The molecular formula is C18H20ClNO3. The van der Waals surface area contributed by atoms with Crippen molar-refractivity contribution in [2.75, 3.05) is 13.2 Å². The van der Waals surface area contributed by atoms with Gasteiger partial charge in [0.15, 0.2) is 0 Å². The Morgan fingerprint density at radius 2 is 1.91 bits per heavy atom. The Kier molecular flexibility index (Phi) is 6.44. The molecule has 1 atom stereocenters. The van der Waals surface area contributed by atoms with Gasteiger partial charge in [-0.15, -0.1) is 0 Å². The maximum Gasteiger partial charge on any atom is 0.223 e. The summed E-state index contributed by atoms with van der Waals surface area (Å²) in [7, 11) is 0. The van der Waals surface area contributed by atoms with Crippen LogP contribution in [0.5, 0.6) is 5.75 Å². The molecule has 122 valence electrons. The van der Waals surface area contributed by atoms with Crippen LogP contribution < -0.4 is 10.1 Å². The van der Waals surface area contributed by atoms with E-state index in [1.165, 1.54) is 0 Å². The third-order valence-electron chi connectivity index (χ3n) is 3.46. The molecule has 0 aromatic heterocycles. The van der Waals surface area contributed by atoms with E-state index in [9.17, 15) is 9.90 Å². The summed E-state index contributed by atoms with van der Waals surface area (Å²) in [6.45, 7) is 2.34. The zero-order valence-electron chi connectivity index (χ0n) is 13.0. The Balaban J connectivity index is 1.73. The van der Waals surface area contributed by atoms with Crippen LogP contribution in [0.4, 0.5) is 0 Å². The minimum Gasteiger partial charge on any atom is -0.491 e. The molecule has 0 aliphatic carbocycles. The normalized spacial score (nSPS) is 11.8. The Labute approximate surface area is 141 Å². The van der Waals surface area contributed by atoms with Crippen molar-refractivity contribution in [1.82, 2.24) is 5.32 Å². The first-order chi connectivity index (χ1) is 11.1. The van der Waals surface area contributed by atoms with Gasteiger partial charge in [-0.3, -0.25) is 4.79 Å². The van der Waals surface area contributed by atoms with Crippen LogP contribution in [-0.4, -0.2) is 24.2 Å². The van der Waals surface area contributed by atoms with Crippen LogP contribution in [0.2, 0.25) is 5.02 Å². The molecule has 0 radical (unpaired) electrons. The molecule has 0 fully saturated rings. The minimum absolute atomic E-state index is 0.176. The fraction of sp³-hybridized carbons (Fsp3) is 0.278. The van der Waals surface area contributed by atoms with Gasteiger partial charge in [-0.25, -0.2) is 0 Å². The van der Waals surface area contributed by atoms with Gasteiger partial charge in [0.25, 0.3) is 0 Å². The summed E-state index contributed by atoms with van der Waals surface area (Å²) in [5.74, 6) is 0.381. The number of benzene rings is 2. The van der Waals surface area contributed by atoms with Crippen LogP contribution in [0, 0.1) is 6.92 Å². The number of hydrogen-bond acceptors (Lipinski definition) is 3. The SMILES string of the molecule is Cc1ccccc1C(O)CNC(=O)CCOc1ccccc1Cl. The lowest BCUT2D eigenvalue weighted by molar-refractivity contribution is -0.122. The molecule has 23 heavy (non-hydrogen) atoms. The van der Waals surface area contributed by atoms with Gasteiger partial charge in [0.1, 0.15) is 5.75 Å². The standard InChI is InChI=1S/C18H20ClNO3/c1-13-6-2-3-7-14(13)16(21)12-20-18(22)10-11-23-17-9-5-4-8-15(17)19/h2-9,16,21H,10-12H2,1H3,(H,20,22). The van der Waals surface area contributed by atoms with Gasteiger partial charge in [0.05, 0.1) is 24.2 Å². The van der Waals surface area contributed by atoms with Gasteiger partial charge >= 0.3 is 0 Å². The monoisotopic (exact) mass is 333 g/mol. The van der Waals surface area contributed by atoms with E-state index in [2.05, 4.69) is 5.32 Å². The molecule has 2 aromatic carbocycles. The molecule has 0 saturated heterocycles. The smallest absolute Gasteiger partial charge is 0.223 e. The lowest BCUT2D eigenvalue weighted by atomic mass is 10.0. The Hall–Kier alpha value is -2.04. The van der Waals surface area contributed by atoms with Crippen molar-refractivity contribution in [3.05, 3.63) is 64.7 Å². The summed E-state index contributed by atoms with van der Waals surface area (Å²) in [4.78, 5) is 11.8. The van der Waals surface area contributed by atoms with E-state index >= 15 is 0 Å². The fourth-order valence-electron chi connectivity index (χ4n) is 2.18. The highest BCUT2D eigenvalue weighted by Crippen LogP contribution is 2.23. The van der Waals surface area contributed by atoms with Crippen molar-refractivity contribution in [3.63, 3.8) is 0 Å². The summed E-state index contributed by atoms with van der Waals surface area (Å²) < 4.78 is 5.46. The molecule has 0 saturated carbocycles. The molecule has 0 spiro atoms. The second-order valence-electron chi connectivity index (χ2n) is 5.21. The maximum atomic E-state index is 11.8. The lowest BCUT2D eigenvalue weighted by Gasteiger charge is -2.14. The number of halogens is 1. The van der Waals surface area contributed by atoms with Crippen LogP contribution >= 0.6 is 11.6 Å². The number of aryl methyl sites for hydroxylation is 1. The molecule has 0 heterocycles. The maximum absolute atomic E-state index is 11.8. The largest absolute Gasteiger partial charge is 0.491 e. The Bertz CT molecular complexity index is 660. The molecule has 0 aliphatic rings. The predicted molar refractivity (Wildman–Crippen MR) is 90.7 cm³/mol. The zero-order chi connectivity index (χ0) is 16.7. The molecule has 1 amide bonds. The van der Waals surface area contributed by atoms with Crippen molar-refractivity contribution in [3.8, 4) is 5.75 Å². The average molecular weight is 334 g/mol. The Morgan fingerprint density at radius 3 is 2.65 bits per heavy atom. The third kappa shape index (κ3) is 5.27. The number of para-hydroxylation sites is 1. The van der Waals surface area contributed by atoms with Crippen molar-refractivity contribution in [1.29, 1.82) is 0 Å². The first kappa shape index (κ1) is 17.3. The van der Waals surface area contributed by atoms with E-state index in [4.69, 9.17) is 16.3 Å². The highest BCUT2D eigenvalue weighted by Gasteiger charge is 2.11. The number of rotatable bonds is 7. The number of ether oxygens (including phenoxy) is 1. The highest BCUT2D eigenvalue weighted by atomic mass is 35.5. The first-order valence-corrected chi connectivity index (χ1v) is 7.83. The predicted octanol–water partition coefficient (Wildman–Crippen LogP) is 3.27. The molecular weight excluding hydrogens is 314 g/mol. The van der Waals surface area contributed by atoms with E-state index in [1.807, 2.05) is 43.3 Å². The minimum atomic E-state index is -0.718. The van der Waals surface area contributed by atoms with Crippen molar-refractivity contribution >= 4 is 17.5 Å². The molecule has 1 unspecified atom stereocenters. The summed E-state index contributed by atoms with van der Waals surface area (Å²) in [6, 6.07) is 14.7. The first-order valence-electron chi connectivity index (χ1n) is 7.45. The summed E-state index contributed by atoms with van der Waals surface area (Å²) >= 11 is 5.97. The molecule has 0 aliphatic heterocycles. The molecule has 5 heteroatoms. The van der Waals surface area contributed by atoms with E-state index in [1.54, 1.807) is 12.1 Å². The molecule has 2 rings (SSSR count). The molecule has 2 N–H and O–H groups in total.